The lowest BCUT2D eigenvalue weighted by Gasteiger charge is -2.16. The van der Waals surface area contributed by atoms with Crippen LogP contribution in [0.1, 0.15) is 0 Å². The molecule has 20 heavy (non-hydrogen) atoms. The molecule has 0 radical (unpaired) electrons. The summed E-state index contributed by atoms with van der Waals surface area (Å²) < 4.78 is 35.7. The van der Waals surface area contributed by atoms with Gasteiger partial charge in [-0.2, -0.15) is 0 Å². The molecule has 114 valence electrons. The zero-order valence-electron chi connectivity index (χ0n) is 12.1. The molecule has 0 aliphatic rings. The number of nitrogens with one attached hydrogen (secondary N) is 1. The first-order valence-electron chi connectivity index (χ1n) is 6.32. The van der Waals surface area contributed by atoms with E-state index in [-0.39, 0.29) is 4.90 Å². The minimum absolute atomic E-state index is 0.266. The zero-order valence-corrected chi connectivity index (χ0v) is 12.9. The van der Waals surface area contributed by atoms with E-state index >= 15 is 0 Å². The number of methoxy groups -OCH3 is 1. The number of hydrogen-bond donors (Lipinski definition) is 1. The smallest absolute Gasteiger partial charge is 0.244 e. The Balaban J connectivity index is 2.63. The fraction of sp³-hybridized carbons (Fsp3) is 0.538. The molecule has 0 aliphatic carbocycles. The quantitative estimate of drug-likeness (QED) is 0.690. The van der Waals surface area contributed by atoms with Gasteiger partial charge in [0.2, 0.25) is 10.0 Å². The molecule has 0 unspecified atom stereocenters. The Hall–Kier alpha value is -1.15. The summed E-state index contributed by atoms with van der Waals surface area (Å²) in [6.07, 6.45) is 0. The van der Waals surface area contributed by atoms with Crippen LogP contribution in [0.25, 0.3) is 0 Å². The summed E-state index contributed by atoms with van der Waals surface area (Å²) in [4.78, 5) is 0.266. The third-order valence-corrected chi connectivity index (χ3v) is 4.51. The van der Waals surface area contributed by atoms with Crippen molar-refractivity contribution in [1.82, 2.24) is 4.31 Å². The molecule has 0 heterocycles. The molecular formula is C13H22N2O4S. The number of para-hydroxylation sites is 1. The van der Waals surface area contributed by atoms with Crippen molar-refractivity contribution in [1.29, 1.82) is 0 Å². The number of rotatable bonds is 9. The van der Waals surface area contributed by atoms with Gasteiger partial charge < -0.3 is 14.8 Å². The number of benzene rings is 1. The summed E-state index contributed by atoms with van der Waals surface area (Å²) in [5.74, 6) is 0. The average molecular weight is 302 g/mol. The molecule has 7 heteroatoms. The van der Waals surface area contributed by atoms with E-state index in [0.29, 0.717) is 32.1 Å². The maximum Gasteiger partial charge on any atom is 0.244 e. The summed E-state index contributed by atoms with van der Waals surface area (Å²) >= 11 is 0. The van der Waals surface area contributed by atoms with Gasteiger partial charge in [-0.1, -0.05) is 12.1 Å². The van der Waals surface area contributed by atoms with Gasteiger partial charge >= 0.3 is 0 Å². The monoisotopic (exact) mass is 302 g/mol. The number of hydrogen-bond acceptors (Lipinski definition) is 5. The summed E-state index contributed by atoms with van der Waals surface area (Å²) in [5, 5.41) is 3.08. The third kappa shape index (κ3) is 4.75. The first kappa shape index (κ1) is 16.9. The normalized spacial score (nSPS) is 11.8. The molecule has 0 fully saturated rings. The largest absolute Gasteiger partial charge is 0.382 e. The highest BCUT2D eigenvalue weighted by Crippen LogP contribution is 2.22. The van der Waals surface area contributed by atoms with Gasteiger partial charge in [0, 0.05) is 27.7 Å². The highest BCUT2D eigenvalue weighted by atomic mass is 32.2. The maximum atomic E-state index is 12.2. The Morgan fingerprint density at radius 2 is 1.85 bits per heavy atom. The molecule has 0 aliphatic heterocycles. The van der Waals surface area contributed by atoms with Crippen molar-refractivity contribution in [2.75, 3.05) is 52.9 Å². The van der Waals surface area contributed by atoms with Crippen LogP contribution < -0.4 is 5.32 Å². The van der Waals surface area contributed by atoms with E-state index in [9.17, 15) is 8.42 Å². The van der Waals surface area contributed by atoms with Crippen molar-refractivity contribution in [3.05, 3.63) is 24.3 Å². The first-order chi connectivity index (χ1) is 9.50. The van der Waals surface area contributed by atoms with Crippen LogP contribution in [0.2, 0.25) is 0 Å². The molecule has 0 amide bonds. The summed E-state index contributed by atoms with van der Waals surface area (Å²) in [6.45, 7) is 2.09. The maximum absolute atomic E-state index is 12.2. The van der Waals surface area contributed by atoms with Gasteiger partial charge in [-0.25, -0.2) is 12.7 Å². The van der Waals surface area contributed by atoms with Crippen LogP contribution in [0.15, 0.2) is 29.2 Å². The van der Waals surface area contributed by atoms with E-state index in [4.69, 9.17) is 9.47 Å². The Kier molecular flexibility index (Phi) is 6.94. The summed E-state index contributed by atoms with van der Waals surface area (Å²) in [7, 11) is 1.19. The van der Waals surface area contributed by atoms with E-state index in [1.54, 1.807) is 31.4 Å². The van der Waals surface area contributed by atoms with Crippen LogP contribution in [0, 0.1) is 0 Å². The van der Waals surface area contributed by atoms with Gasteiger partial charge in [-0.3, -0.25) is 0 Å². The number of nitrogens with zero attached hydrogens (tertiary/aromatic N) is 1. The van der Waals surface area contributed by atoms with Gasteiger partial charge in [0.1, 0.15) is 4.90 Å². The van der Waals surface area contributed by atoms with E-state index in [1.807, 2.05) is 0 Å². The van der Waals surface area contributed by atoms with Crippen LogP contribution in [0.3, 0.4) is 0 Å². The Bertz CT molecular complexity index is 503. The number of sulfonamides is 1. The molecule has 0 bridgehead atoms. The highest BCUT2D eigenvalue weighted by Gasteiger charge is 2.20. The van der Waals surface area contributed by atoms with Crippen LogP contribution in [-0.4, -0.2) is 60.3 Å². The lowest BCUT2D eigenvalue weighted by molar-refractivity contribution is 0.0759. The Morgan fingerprint density at radius 3 is 2.50 bits per heavy atom. The third-order valence-electron chi connectivity index (χ3n) is 2.64. The van der Waals surface area contributed by atoms with Crippen molar-refractivity contribution in [3.63, 3.8) is 0 Å². The van der Waals surface area contributed by atoms with Gasteiger partial charge in [-0.05, 0) is 12.1 Å². The standard InChI is InChI=1S/C13H22N2O4S/c1-15(2)20(16,17)13-7-5-4-6-12(13)14-8-9-19-11-10-18-3/h4-7,14H,8-11H2,1-3H3. The van der Waals surface area contributed by atoms with Crippen LogP contribution in [0.4, 0.5) is 5.69 Å². The topological polar surface area (TPSA) is 67.9 Å². The van der Waals surface area contributed by atoms with E-state index in [2.05, 4.69) is 5.32 Å². The van der Waals surface area contributed by atoms with Crippen molar-refractivity contribution in [2.24, 2.45) is 0 Å². The lowest BCUT2D eigenvalue weighted by Crippen LogP contribution is -2.23. The molecule has 1 aromatic carbocycles. The zero-order chi connectivity index (χ0) is 15.0. The fourth-order valence-corrected chi connectivity index (χ4v) is 2.60. The first-order valence-corrected chi connectivity index (χ1v) is 7.76. The summed E-state index contributed by atoms with van der Waals surface area (Å²) in [6, 6.07) is 6.83. The molecular weight excluding hydrogens is 280 g/mol. The highest BCUT2D eigenvalue weighted by molar-refractivity contribution is 7.89. The summed E-state index contributed by atoms with van der Waals surface area (Å²) in [5.41, 5.74) is 0.580. The molecule has 1 N–H and O–H groups in total. The second-order valence-corrected chi connectivity index (χ2v) is 6.44. The van der Waals surface area contributed by atoms with E-state index in [1.165, 1.54) is 18.4 Å². The molecule has 1 aromatic rings. The number of ether oxygens (including phenoxy) is 2. The van der Waals surface area contributed by atoms with Crippen molar-refractivity contribution >= 4 is 15.7 Å². The van der Waals surface area contributed by atoms with Gasteiger partial charge in [-0.15, -0.1) is 0 Å². The second-order valence-electron chi connectivity index (χ2n) is 4.32. The Labute approximate surface area is 120 Å². The average Bonchev–Trinajstić information content (AvgIpc) is 2.43. The van der Waals surface area contributed by atoms with E-state index < -0.39 is 10.0 Å². The molecule has 6 nitrogen and oxygen atoms in total. The Morgan fingerprint density at radius 1 is 1.15 bits per heavy atom. The van der Waals surface area contributed by atoms with E-state index in [0.717, 1.165) is 0 Å². The molecule has 1 rings (SSSR count). The minimum Gasteiger partial charge on any atom is -0.382 e. The predicted octanol–water partition coefficient (Wildman–Crippen LogP) is 1.01. The lowest BCUT2D eigenvalue weighted by atomic mass is 10.3. The molecule has 0 saturated carbocycles. The predicted molar refractivity (Wildman–Crippen MR) is 78.5 cm³/mol. The van der Waals surface area contributed by atoms with Crippen LogP contribution in [-0.2, 0) is 19.5 Å². The second kappa shape index (κ2) is 8.21. The van der Waals surface area contributed by atoms with Gasteiger partial charge in [0.25, 0.3) is 0 Å². The van der Waals surface area contributed by atoms with Crippen molar-refractivity contribution in [3.8, 4) is 0 Å². The number of anilines is 1. The van der Waals surface area contributed by atoms with Crippen LogP contribution >= 0.6 is 0 Å². The van der Waals surface area contributed by atoms with Gasteiger partial charge in [0.05, 0.1) is 25.5 Å². The molecule has 0 atom stereocenters. The molecule has 0 saturated heterocycles. The molecule has 0 aromatic heterocycles. The van der Waals surface area contributed by atoms with Crippen molar-refractivity contribution in [2.45, 2.75) is 4.90 Å². The fourth-order valence-electron chi connectivity index (χ4n) is 1.54. The SMILES string of the molecule is COCCOCCNc1ccccc1S(=O)(=O)N(C)C. The van der Waals surface area contributed by atoms with Crippen LogP contribution in [0.5, 0.6) is 0 Å². The molecule has 0 spiro atoms. The van der Waals surface area contributed by atoms with Gasteiger partial charge in [0.15, 0.2) is 0 Å². The minimum atomic E-state index is -3.45. The van der Waals surface area contributed by atoms with Crippen molar-refractivity contribution < 1.29 is 17.9 Å².